The van der Waals surface area contributed by atoms with Gasteiger partial charge in [0.1, 0.15) is 19.8 Å². The SMILES string of the molecule is CCCCC/C=C/C/C=C/C/C=C/CCCCCCC(=O)OC[C@H](COP(=O)(O)OCC[N+](C)(C)C)OC(=O)CCC/C=C/C/C=C/C/C=C/C/C=C/CCCCCCCCC. The molecule has 0 aromatic heterocycles. The normalized spacial score (nSPS) is 14.2. The van der Waals surface area contributed by atoms with Gasteiger partial charge in [0, 0.05) is 12.8 Å². The van der Waals surface area contributed by atoms with Gasteiger partial charge in [0.15, 0.2) is 6.10 Å². The summed E-state index contributed by atoms with van der Waals surface area (Å²) in [6.07, 6.45) is 56.4. The second-order valence-corrected chi connectivity index (χ2v) is 18.6. The van der Waals surface area contributed by atoms with Crippen LogP contribution in [0.4, 0.5) is 0 Å². The Labute approximate surface area is 380 Å². The van der Waals surface area contributed by atoms with E-state index in [-0.39, 0.29) is 26.1 Å². The summed E-state index contributed by atoms with van der Waals surface area (Å²) in [6, 6.07) is 0. The largest absolute Gasteiger partial charge is 0.472 e. The molecule has 0 spiro atoms. The fourth-order valence-electron chi connectivity index (χ4n) is 6.07. The van der Waals surface area contributed by atoms with Crippen molar-refractivity contribution in [3.05, 3.63) is 85.1 Å². The van der Waals surface area contributed by atoms with Crippen LogP contribution in [0.1, 0.15) is 181 Å². The number of unbranched alkanes of at least 4 members (excludes halogenated alkanes) is 15. The van der Waals surface area contributed by atoms with E-state index >= 15 is 0 Å². The molecule has 0 amide bonds. The molecule has 62 heavy (non-hydrogen) atoms. The molecule has 10 heteroatoms. The lowest BCUT2D eigenvalue weighted by atomic mass is 10.1. The molecule has 0 aliphatic heterocycles. The Hall–Kier alpha value is -2.81. The van der Waals surface area contributed by atoms with Crippen LogP contribution in [-0.2, 0) is 32.7 Å². The molecule has 0 heterocycles. The van der Waals surface area contributed by atoms with Gasteiger partial charge in [0.25, 0.3) is 0 Å². The van der Waals surface area contributed by atoms with Crippen LogP contribution >= 0.6 is 7.82 Å². The van der Waals surface area contributed by atoms with Crippen molar-refractivity contribution in [3.63, 3.8) is 0 Å². The van der Waals surface area contributed by atoms with E-state index in [0.717, 1.165) is 57.8 Å². The van der Waals surface area contributed by atoms with Crippen LogP contribution in [0.3, 0.4) is 0 Å². The van der Waals surface area contributed by atoms with Crippen LogP contribution in [-0.4, -0.2) is 74.9 Å². The summed E-state index contributed by atoms with van der Waals surface area (Å²) < 4.78 is 34.3. The minimum absolute atomic E-state index is 0.0133. The molecule has 0 rings (SSSR count). The highest BCUT2D eigenvalue weighted by molar-refractivity contribution is 7.47. The van der Waals surface area contributed by atoms with E-state index in [1.165, 1.54) is 77.0 Å². The third-order valence-electron chi connectivity index (χ3n) is 9.90. The number of ether oxygens (including phenoxy) is 2. The van der Waals surface area contributed by atoms with E-state index in [4.69, 9.17) is 18.5 Å². The van der Waals surface area contributed by atoms with Crippen molar-refractivity contribution in [2.24, 2.45) is 0 Å². The zero-order valence-electron chi connectivity index (χ0n) is 40.1. The smallest absolute Gasteiger partial charge is 0.462 e. The van der Waals surface area contributed by atoms with Crippen molar-refractivity contribution in [1.29, 1.82) is 0 Å². The molecular weight excluding hydrogens is 798 g/mol. The van der Waals surface area contributed by atoms with E-state index in [1.54, 1.807) is 0 Å². The number of carbonyl (C=O) groups excluding carboxylic acids is 2. The Kier molecular flexibility index (Phi) is 41.5. The third kappa shape index (κ3) is 46.7. The first-order chi connectivity index (χ1) is 30.0. The zero-order valence-corrected chi connectivity index (χ0v) is 41.0. The van der Waals surface area contributed by atoms with Crippen LogP contribution in [0.25, 0.3) is 0 Å². The number of hydrogen-bond donors (Lipinski definition) is 1. The molecule has 0 aliphatic rings. The molecule has 0 bridgehead atoms. The second-order valence-electron chi connectivity index (χ2n) is 17.1. The zero-order chi connectivity index (χ0) is 45.7. The predicted molar refractivity (Wildman–Crippen MR) is 261 cm³/mol. The predicted octanol–water partition coefficient (Wildman–Crippen LogP) is 14.4. The molecule has 1 unspecified atom stereocenters. The number of rotatable bonds is 43. The van der Waals surface area contributed by atoms with Gasteiger partial charge in [-0.25, -0.2) is 4.57 Å². The van der Waals surface area contributed by atoms with Gasteiger partial charge in [-0.1, -0.05) is 163 Å². The molecule has 0 fully saturated rings. The number of allylic oxidation sites excluding steroid dienone is 14. The molecule has 0 radical (unpaired) electrons. The molecule has 0 saturated carbocycles. The highest BCUT2D eigenvalue weighted by Gasteiger charge is 2.27. The minimum atomic E-state index is -4.40. The fraction of sp³-hybridized carbons (Fsp3) is 0.692. The number of quaternary nitrogens is 1. The van der Waals surface area contributed by atoms with E-state index in [1.807, 2.05) is 27.2 Å². The molecule has 0 aromatic rings. The van der Waals surface area contributed by atoms with Gasteiger partial charge in [-0.3, -0.25) is 18.6 Å². The average Bonchev–Trinajstić information content (AvgIpc) is 3.23. The van der Waals surface area contributed by atoms with Crippen molar-refractivity contribution in [2.45, 2.75) is 187 Å². The first kappa shape index (κ1) is 59.2. The minimum Gasteiger partial charge on any atom is -0.462 e. The quantitative estimate of drug-likeness (QED) is 0.0212. The summed E-state index contributed by atoms with van der Waals surface area (Å²) in [5.74, 6) is -0.895. The van der Waals surface area contributed by atoms with Gasteiger partial charge < -0.3 is 18.9 Å². The summed E-state index contributed by atoms with van der Waals surface area (Å²) in [5.41, 5.74) is 0. The van der Waals surface area contributed by atoms with Crippen molar-refractivity contribution >= 4 is 19.8 Å². The number of carbonyl (C=O) groups is 2. The molecule has 0 saturated heterocycles. The highest BCUT2D eigenvalue weighted by atomic mass is 31.2. The number of phosphoric ester groups is 1. The van der Waals surface area contributed by atoms with Crippen molar-refractivity contribution < 1.29 is 42.1 Å². The summed E-state index contributed by atoms with van der Waals surface area (Å²) in [6.45, 7) is 4.29. The Balaban J connectivity index is 4.46. The molecule has 1 N–H and O–H groups in total. The molecule has 356 valence electrons. The van der Waals surface area contributed by atoms with E-state index in [2.05, 4.69) is 92.8 Å². The van der Waals surface area contributed by atoms with E-state index in [0.29, 0.717) is 30.3 Å². The van der Waals surface area contributed by atoms with Gasteiger partial charge in [-0.15, -0.1) is 0 Å². The molecule has 9 nitrogen and oxygen atoms in total. The second kappa shape index (κ2) is 43.4. The van der Waals surface area contributed by atoms with Crippen LogP contribution in [0.5, 0.6) is 0 Å². The van der Waals surface area contributed by atoms with Gasteiger partial charge in [0.05, 0.1) is 27.7 Å². The summed E-state index contributed by atoms with van der Waals surface area (Å²) in [4.78, 5) is 35.4. The lowest BCUT2D eigenvalue weighted by Gasteiger charge is -2.24. The first-order valence-corrected chi connectivity index (χ1v) is 25.8. The number of esters is 2. The monoisotopic (exact) mass is 889 g/mol. The number of hydrogen-bond acceptors (Lipinski definition) is 7. The standard InChI is InChI=1S/C52H90NO8P/c1-6-8-10-12-14-16-18-20-22-24-25-26-27-29-31-33-35-37-39-41-43-45-52(55)61-50(49-60-62(56,57)59-47-46-53(3,4)5)48-58-51(54)44-42-40-38-36-34-32-30-28-23-21-19-17-15-13-11-9-7-2/h15,17,21-24,26-27,30-33,37,39,50H,6-14,16,18-20,25,28-29,34-36,38,40-49H2,1-5H3/p+1/b17-15+,23-21+,24-22+,27-26+,32-30+,33-31+,39-37+/t50-/m1/s1. The summed E-state index contributed by atoms with van der Waals surface area (Å²) in [5, 5.41) is 0. The van der Waals surface area contributed by atoms with Crippen molar-refractivity contribution in [1.82, 2.24) is 0 Å². The van der Waals surface area contributed by atoms with Crippen LogP contribution in [0.15, 0.2) is 85.1 Å². The Morgan fingerprint density at radius 2 is 0.887 bits per heavy atom. The lowest BCUT2D eigenvalue weighted by Crippen LogP contribution is -2.37. The Morgan fingerprint density at radius 1 is 0.500 bits per heavy atom. The van der Waals surface area contributed by atoms with Gasteiger partial charge in [0.2, 0.25) is 0 Å². The summed E-state index contributed by atoms with van der Waals surface area (Å²) in [7, 11) is 1.42. The molecular formula is C52H91NO8P+. The van der Waals surface area contributed by atoms with Gasteiger partial charge >= 0.3 is 19.8 Å². The molecule has 0 aliphatic carbocycles. The van der Waals surface area contributed by atoms with E-state index in [9.17, 15) is 19.0 Å². The fourth-order valence-corrected chi connectivity index (χ4v) is 6.81. The first-order valence-electron chi connectivity index (χ1n) is 24.3. The highest BCUT2D eigenvalue weighted by Crippen LogP contribution is 2.43. The van der Waals surface area contributed by atoms with Crippen LogP contribution < -0.4 is 0 Å². The molecule has 2 atom stereocenters. The van der Waals surface area contributed by atoms with Gasteiger partial charge in [-0.05, 0) is 89.9 Å². The number of phosphoric acid groups is 1. The molecule has 0 aromatic carbocycles. The maximum atomic E-state index is 12.7. The van der Waals surface area contributed by atoms with Gasteiger partial charge in [-0.2, -0.15) is 0 Å². The Morgan fingerprint density at radius 3 is 1.37 bits per heavy atom. The van der Waals surface area contributed by atoms with Crippen molar-refractivity contribution in [3.8, 4) is 0 Å². The van der Waals surface area contributed by atoms with Crippen molar-refractivity contribution in [2.75, 3.05) is 47.5 Å². The number of likely N-dealkylation sites (N-methyl/N-ethyl adjacent to an activating group) is 1. The van der Waals surface area contributed by atoms with Crippen LogP contribution in [0.2, 0.25) is 0 Å². The lowest BCUT2D eigenvalue weighted by molar-refractivity contribution is -0.870. The maximum absolute atomic E-state index is 12.7. The van der Waals surface area contributed by atoms with Crippen LogP contribution in [0, 0.1) is 0 Å². The number of nitrogens with zero attached hydrogens (tertiary/aromatic N) is 1. The Bertz CT molecular complexity index is 1330. The average molecular weight is 889 g/mol. The third-order valence-corrected chi connectivity index (χ3v) is 10.9. The topological polar surface area (TPSA) is 108 Å². The summed E-state index contributed by atoms with van der Waals surface area (Å²) >= 11 is 0. The van der Waals surface area contributed by atoms with E-state index < -0.39 is 32.5 Å². The maximum Gasteiger partial charge on any atom is 0.472 e.